The zero-order chi connectivity index (χ0) is 21.4. The van der Waals surface area contributed by atoms with Crippen molar-refractivity contribution in [3.05, 3.63) is 102 Å². The highest BCUT2D eigenvalue weighted by Gasteiger charge is 2.39. The van der Waals surface area contributed by atoms with Gasteiger partial charge in [-0.3, -0.25) is 4.79 Å². The van der Waals surface area contributed by atoms with Gasteiger partial charge in [-0.15, -0.1) is 0 Å². The third-order valence-corrected chi connectivity index (χ3v) is 5.79. The lowest BCUT2D eigenvalue weighted by atomic mass is 9.89. The first kappa shape index (κ1) is 19.0. The van der Waals surface area contributed by atoms with Gasteiger partial charge in [-0.05, 0) is 34.4 Å². The maximum Gasteiger partial charge on any atom is 0.329 e. The molecule has 5 heteroatoms. The molecular formula is C26H20N2O3. The van der Waals surface area contributed by atoms with Crippen molar-refractivity contribution in [2.45, 2.75) is 12.0 Å². The largest absolute Gasteiger partial charge is 0.467 e. The molecule has 4 aromatic rings. The van der Waals surface area contributed by atoms with Crippen molar-refractivity contribution in [1.29, 1.82) is 0 Å². The number of fused-ring (bicyclic) bond motifs is 4. The first-order valence-electron chi connectivity index (χ1n) is 10.1. The van der Waals surface area contributed by atoms with Crippen LogP contribution < -0.4 is 5.32 Å². The molecule has 3 aromatic carbocycles. The predicted octanol–water partition coefficient (Wildman–Crippen LogP) is 4.32. The van der Waals surface area contributed by atoms with E-state index < -0.39 is 17.9 Å². The van der Waals surface area contributed by atoms with Gasteiger partial charge in [0.2, 0.25) is 0 Å². The van der Waals surface area contributed by atoms with Crippen LogP contribution in [0.25, 0.3) is 22.0 Å². The van der Waals surface area contributed by atoms with E-state index in [2.05, 4.69) is 10.3 Å². The van der Waals surface area contributed by atoms with E-state index in [1.807, 2.05) is 78.9 Å². The number of rotatable bonds is 4. The van der Waals surface area contributed by atoms with Crippen molar-refractivity contribution in [1.82, 2.24) is 10.3 Å². The van der Waals surface area contributed by atoms with Crippen molar-refractivity contribution in [3.63, 3.8) is 0 Å². The molecule has 1 aliphatic rings. The second kappa shape index (κ2) is 7.69. The summed E-state index contributed by atoms with van der Waals surface area (Å²) in [7, 11) is 1.34. The summed E-state index contributed by atoms with van der Waals surface area (Å²) >= 11 is 0. The highest BCUT2D eigenvalue weighted by Crippen LogP contribution is 2.46. The summed E-state index contributed by atoms with van der Waals surface area (Å²) in [5, 5.41) is 3.84. The fourth-order valence-electron chi connectivity index (χ4n) is 4.37. The molecule has 1 aliphatic carbocycles. The minimum atomic E-state index is -0.879. The molecule has 31 heavy (non-hydrogen) atoms. The van der Waals surface area contributed by atoms with Gasteiger partial charge in [0, 0.05) is 11.3 Å². The van der Waals surface area contributed by atoms with E-state index in [1.54, 1.807) is 6.07 Å². The molecule has 0 aliphatic heterocycles. The normalized spacial score (nSPS) is 13.3. The molecule has 1 aromatic heterocycles. The Kier molecular flexibility index (Phi) is 4.71. The second-order valence-corrected chi connectivity index (χ2v) is 7.52. The predicted molar refractivity (Wildman–Crippen MR) is 119 cm³/mol. The number of pyridine rings is 1. The monoisotopic (exact) mass is 408 g/mol. The van der Waals surface area contributed by atoms with Crippen LogP contribution in [0, 0.1) is 0 Å². The summed E-state index contributed by atoms with van der Waals surface area (Å²) in [6.07, 6.45) is 0. The number of ether oxygens (including phenoxy) is 1. The Morgan fingerprint density at radius 3 is 2.13 bits per heavy atom. The van der Waals surface area contributed by atoms with E-state index in [9.17, 15) is 9.59 Å². The van der Waals surface area contributed by atoms with Gasteiger partial charge < -0.3 is 10.1 Å². The maximum absolute atomic E-state index is 13.1. The number of methoxy groups -OCH3 is 1. The lowest BCUT2D eigenvalue weighted by Crippen LogP contribution is -2.45. The molecule has 152 valence electrons. The molecule has 1 N–H and O–H groups in total. The number of aromatic nitrogens is 1. The molecule has 0 radical (unpaired) electrons. The summed E-state index contributed by atoms with van der Waals surface area (Å²) in [6.45, 7) is 0. The van der Waals surface area contributed by atoms with Gasteiger partial charge in [-0.1, -0.05) is 72.8 Å². The van der Waals surface area contributed by atoms with Gasteiger partial charge in [0.15, 0.2) is 0 Å². The summed E-state index contributed by atoms with van der Waals surface area (Å²) in [5.41, 5.74) is 5.09. The molecule has 0 saturated carbocycles. The van der Waals surface area contributed by atoms with Gasteiger partial charge in [0.1, 0.15) is 11.7 Å². The molecule has 0 bridgehead atoms. The van der Waals surface area contributed by atoms with Crippen LogP contribution in [0.3, 0.4) is 0 Å². The average Bonchev–Trinajstić information content (AvgIpc) is 3.16. The molecule has 5 nitrogen and oxygen atoms in total. The van der Waals surface area contributed by atoms with Crippen LogP contribution >= 0.6 is 0 Å². The van der Waals surface area contributed by atoms with Gasteiger partial charge in [-0.25, -0.2) is 9.78 Å². The lowest BCUT2D eigenvalue weighted by molar-refractivity contribution is -0.143. The summed E-state index contributed by atoms with van der Waals surface area (Å²) in [5.74, 6) is -1.25. The number of carbonyl (C=O) groups is 2. The summed E-state index contributed by atoms with van der Waals surface area (Å²) < 4.78 is 5.09. The summed E-state index contributed by atoms with van der Waals surface area (Å²) in [6, 6.07) is 26.1. The number of benzene rings is 3. The molecule has 0 fully saturated rings. The average molecular weight is 408 g/mol. The third-order valence-electron chi connectivity index (χ3n) is 5.79. The number of hydrogen-bond acceptors (Lipinski definition) is 4. The number of nitrogens with zero attached hydrogens (tertiary/aromatic N) is 1. The third kappa shape index (κ3) is 3.24. The fourth-order valence-corrected chi connectivity index (χ4v) is 4.37. The highest BCUT2D eigenvalue weighted by molar-refractivity contribution is 5.98. The van der Waals surface area contributed by atoms with Crippen LogP contribution in [0.1, 0.15) is 27.5 Å². The second-order valence-electron chi connectivity index (χ2n) is 7.52. The van der Waals surface area contributed by atoms with Gasteiger partial charge >= 0.3 is 5.97 Å². The summed E-state index contributed by atoms with van der Waals surface area (Å²) in [4.78, 5) is 30.4. The minimum absolute atomic E-state index is 0.257. The molecular weight excluding hydrogens is 388 g/mol. The number of nitrogens with one attached hydrogen (secondary N) is 1. The van der Waals surface area contributed by atoms with Crippen molar-refractivity contribution in [2.24, 2.45) is 0 Å². The number of esters is 1. The minimum Gasteiger partial charge on any atom is -0.467 e. The van der Waals surface area contributed by atoms with Gasteiger partial charge in [-0.2, -0.15) is 0 Å². The molecule has 1 heterocycles. The van der Waals surface area contributed by atoms with E-state index in [0.717, 1.165) is 33.2 Å². The van der Waals surface area contributed by atoms with Crippen LogP contribution in [-0.2, 0) is 9.53 Å². The number of carbonyl (C=O) groups excluding carboxylic acids is 2. The zero-order valence-electron chi connectivity index (χ0n) is 16.9. The zero-order valence-corrected chi connectivity index (χ0v) is 16.9. The Labute approximate surface area is 179 Å². The number of para-hydroxylation sites is 1. The Hall–Kier alpha value is -3.99. The topological polar surface area (TPSA) is 68.3 Å². The van der Waals surface area contributed by atoms with E-state index >= 15 is 0 Å². The Balaban J connectivity index is 1.54. The molecule has 0 spiro atoms. The number of hydrogen-bond donors (Lipinski definition) is 1. The van der Waals surface area contributed by atoms with Crippen molar-refractivity contribution in [2.75, 3.05) is 7.11 Å². The Morgan fingerprint density at radius 2 is 1.45 bits per heavy atom. The lowest BCUT2D eigenvalue weighted by Gasteiger charge is -2.24. The standard InChI is InChI=1S/C26H20N2O3/c1-31-26(30)24(28-25(29)22-15-14-16-8-2-7-13-21(16)27-22)23-19-11-5-3-9-17(19)18-10-4-6-12-20(18)23/h2-15,23-24H,1H3,(H,28,29)/t24-/m0/s1. The molecule has 5 rings (SSSR count). The highest BCUT2D eigenvalue weighted by atomic mass is 16.5. The first-order valence-corrected chi connectivity index (χ1v) is 10.1. The van der Waals surface area contributed by atoms with Gasteiger partial charge in [0.25, 0.3) is 5.91 Å². The van der Waals surface area contributed by atoms with E-state index in [-0.39, 0.29) is 11.6 Å². The van der Waals surface area contributed by atoms with Crippen molar-refractivity contribution >= 4 is 22.8 Å². The quantitative estimate of drug-likeness (QED) is 0.511. The molecule has 0 saturated heterocycles. The van der Waals surface area contributed by atoms with Crippen LogP contribution in [0.5, 0.6) is 0 Å². The van der Waals surface area contributed by atoms with Crippen LogP contribution in [0.15, 0.2) is 84.9 Å². The maximum atomic E-state index is 13.1. The van der Waals surface area contributed by atoms with Crippen LogP contribution in [-0.4, -0.2) is 30.0 Å². The van der Waals surface area contributed by atoms with Crippen LogP contribution in [0.4, 0.5) is 0 Å². The Morgan fingerprint density at radius 1 is 0.839 bits per heavy atom. The van der Waals surface area contributed by atoms with Crippen molar-refractivity contribution in [3.8, 4) is 11.1 Å². The fraction of sp³-hybridized carbons (Fsp3) is 0.115. The Bertz CT molecular complexity index is 1270. The molecule has 1 atom stereocenters. The smallest absolute Gasteiger partial charge is 0.329 e. The van der Waals surface area contributed by atoms with Gasteiger partial charge in [0.05, 0.1) is 12.6 Å². The van der Waals surface area contributed by atoms with E-state index in [1.165, 1.54) is 7.11 Å². The molecule has 1 amide bonds. The number of amides is 1. The molecule has 0 unspecified atom stereocenters. The van der Waals surface area contributed by atoms with E-state index in [0.29, 0.717) is 0 Å². The van der Waals surface area contributed by atoms with E-state index in [4.69, 9.17) is 4.74 Å². The van der Waals surface area contributed by atoms with Crippen molar-refractivity contribution < 1.29 is 14.3 Å². The van der Waals surface area contributed by atoms with Crippen LogP contribution in [0.2, 0.25) is 0 Å². The first-order chi connectivity index (χ1) is 15.2. The SMILES string of the molecule is COC(=O)[C@@H](NC(=O)c1ccc2ccccc2n1)C1c2ccccc2-c2ccccc21.